The van der Waals surface area contributed by atoms with Crippen molar-refractivity contribution in [2.75, 3.05) is 6.61 Å². The van der Waals surface area contributed by atoms with Crippen molar-refractivity contribution in [2.24, 2.45) is 0 Å². The van der Waals surface area contributed by atoms with E-state index in [1.54, 1.807) is 13.8 Å². The first kappa shape index (κ1) is 13.8. The number of nitrogens with zero attached hydrogens (tertiary/aromatic N) is 3. The molecule has 2 aromatic rings. The van der Waals surface area contributed by atoms with Crippen molar-refractivity contribution >= 4 is 28.6 Å². The molecule has 19 heavy (non-hydrogen) atoms. The fourth-order valence-electron chi connectivity index (χ4n) is 2.22. The summed E-state index contributed by atoms with van der Waals surface area (Å²) in [7, 11) is 0. The zero-order valence-corrected chi connectivity index (χ0v) is 12.2. The van der Waals surface area contributed by atoms with Gasteiger partial charge in [0.1, 0.15) is 16.9 Å². The highest BCUT2D eigenvalue weighted by atomic mass is 35.5. The molecule has 2 aromatic heterocycles. The second-order valence-corrected chi connectivity index (χ2v) is 4.54. The number of pyridine rings is 1. The Hall–Kier alpha value is -1.62. The molecule has 0 aromatic carbocycles. The van der Waals surface area contributed by atoms with E-state index in [0.717, 1.165) is 5.82 Å². The summed E-state index contributed by atoms with van der Waals surface area (Å²) < 4.78 is 7.05. The smallest absolute Gasteiger partial charge is 0.342 e. The molecule has 0 aliphatic carbocycles. The first-order valence-electron chi connectivity index (χ1n) is 6.21. The normalized spacial score (nSPS) is 11.0. The van der Waals surface area contributed by atoms with Crippen LogP contribution in [0.5, 0.6) is 0 Å². The lowest BCUT2D eigenvalue weighted by Crippen LogP contribution is -2.11. The fourth-order valence-corrected chi connectivity index (χ4v) is 2.48. The number of hydrogen-bond acceptors (Lipinski definition) is 4. The lowest BCUT2D eigenvalue weighted by molar-refractivity contribution is 0.0527. The Kier molecular flexibility index (Phi) is 3.75. The van der Waals surface area contributed by atoms with Gasteiger partial charge in [0, 0.05) is 6.54 Å². The topological polar surface area (TPSA) is 57.0 Å². The highest BCUT2D eigenvalue weighted by Crippen LogP contribution is 2.28. The zero-order valence-electron chi connectivity index (χ0n) is 11.5. The van der Waals surface area contributed by atoms with Crippen LogP contribution in [0.3, 0.4) is 0 Å². The molecule has 0 unspecified atom stereocenters. The number of halogens is 1. The maximum absolute atomic E-state index is 12.1. The van der Waals surface area contributed by atoms with Crippen LogP contribution in [0, 0.1) is 13.8 Å². The van der Waals surface area contributed by atoms with Crippen molar-refractivity contribution in [2.45, 2.75) is 34.2 Å². The first-order valence-corrected chi connectivity index (χ1v) is 6.59. The molecule has 2 rings (SSSR count). The monoisotopic (exact) mass is 281 g/mol. The Morgan fingerprint density at radius 1 is 1.32 bits per heavy atom. The van der Waals surface area contributed by atoms with Crippen molar-refractivity contribution < 1.29 is 9.53 Å². The van der Waals surface area contributed by atoms with Crippen LogP contribution < -0.4 is 0 Å². The van der Waals surface area contributed by atoms with Gasteiger partial charge in [-0.1, -0.05) is 11.6 Å². The van der Waals surface area contributed by atoms with Gasteiger partial charge in [-0.2, -0.15) is 0 Å². The van der Waals surface area contributed by atoms with Crippen molar-refractivity contribution in [3.05, 3.63) is 22.2 Å². The molecule has 0 aliphatic rings. The van der Waals surface area contributed by atoms with Crippen LogP contribution in [-0.4, -0.2) is 27.1 Å². The summed E-state index contributed by atoms with van der Waals surface area (Å²) in [6.45, 7) is 8.42. The summed E-state index contributed by atoms with van der Waals surface area (Å²) >= 11 is 6.12. The summed E-state index contributed by atoms with van der Waals surface area (Å²) in [6.07, 6.45) is 0. The number of aromatic nitrogens is 3. The van der Waals surface area contributed by atoms with E-state index in [-0.39, 0.29) is 5.97 Å². The summed E-state index contributed by atoms with van der Waals surface area (Å²) in [4.78, 5) is 20.7. The summed E-state index contributed by atoms with van der Waals surface area (Å²) in [5.41, 5.74) is 2.26. The van der Waals surface area contributed by atoms with Gasteiger partial charge < -0.3 is 9.30 Å². The minimum absolute atomic E-state index is 0.316. The molecule has 0 bridgehead atoms. The minimum atomic E-state index is -0.385. The summed E-state index contributed by atoms with van der Waals surface area (Å²) in [6, 6.07) is 0. The van der Waals surface area contributed by atoms with Crippen LogP contribution in [0.1, 0.15) is 35.7 Å². The van der Waals surface area contributed by atoms with Gasteiger partial charge in [0.15, 0.2) is 5.15 Å². The highest BCUT2D eigenvalue weighted by Gasteiger charge is 2.23. The lowest BCUT2D eigenvalue weighted by atomic mass is 10.1. The maximum atomic E-state index is 12.1. The lowest BCUT2D eigenvalue weighted by Gasteiger charge is -2.10. The number of fused-ring (bicyclic) bond motifs is 1. The Balaban J connectivity index is 2.84. The first-order chi connectivity index (χ1) is 9.01. The molecule has 2 heterocycles. The van der Waals surface area contributed by atoms with E-state index in [4.69, 9.17) is 16.3 Å². The molecule has 0 N–H and O–H groups in total. The van der Waals surface area contributed by atoms with Crippen molar-refractivity contribution in [3.63, 3.8) is 0 Å². The molecule has 0 saturated heterocycles. The second-order valence-electron chi connectivity index (χ2n) is 4.18. The number of hydrogen-bond donors (Lipinski definition) is 0. The molecule has 0 atom stereocenters. The number of esters is 1. The number of carbonyl (C=O) groups excluding carboxylic acids is 1. The third-order valence-electron chi connectivity index (χ3n) is 3.01. The fraction of sp³-hybridized carbons (Fsp3) is 0.462. The van der Waals surface area contributed by atoms with Gasteiger partial charge in [0.05, 0.1) is 17.8 Å². The predicted molar refractivity (Wildman–Crippen MR) is 73.6 cm³/mol. The molecule has 0 saturated carbocycles. The molecule has 102 valence electrons. The second kappa shape index (κ2) is 5.17. The largest absolute Gasteiger partial charge is 0.462 e. The molecular weight excluding hydrogens is 266 g/mol. The summed E-state index contributed by atoms with van der Waals surface area (Å²) in [5, 5.41) is 0.316. The van der Waals surface area contributed by atoms with Crippen LogP contribution in [0.25, 0.3) is 11.0 Å². The van der Waals surface area contributed by atoms with Gasteiger partial charge >= 0.3 is 5.97 Å². The average Bonchev–Trinajstić information content (AvgIpc) is 2.66. The van der Waals surface area contributed by atoms with E-state index in [1.807, 2.05) is 18.4 Å². The van der Waals surface area contributed by atoms with Crippen LogP contribution in [-0.2, 0) is 11.3 Å². The van der Waals surface area contributed by atoms with Crippen molar-refractivity contribution in [3.8, 4) is 0 Å². The van der Waals surface area contributed by atoms with Gasteiger partial charge in [-0.05, 0) is 27.7 Å². The van der Waals surface area contributed by atoms with Crippen LogP contribution in [0.15, 0.2) is 0 Å². The standard InChI is InChI=1S/C13H16ClN3O2/c1-5-17-8(4)16-10-11(17)9(13(18)19-6-2)7(3)15-12(10)14/h5-6H2,1-4H3. The van der Waals surface area contributed by atoms with Crippen molar-refractivity contribution in [1.82, 2.24) is 14.5 Å². The number of rotatable bonds is 3. The predicted octanol–water partition coefficient (Wildman–Crippen LogP) is 2.90. The Morgan fingerprint density at radius 2 is 2.00 bits per heavy atom. The molecule has 0 aliphatic heterocycles. The van der Waals surface area contributed by atoms with Crippen LogP contribution in [0.2, 0.25) is 5.15 Å². The molecule has 0 spiro atoms. The number of carbonyl (C=O) groups is 1. The summed E-state index contributed by atoms with van der Waals surface area (Å²) in [5.74, 6) is 0.418. The van der Waals surface area contributed by atoms with Crippen molar-refractivity contribution in [1.29, 1.82) is 0 Å². The quantitative estimate of drug-likeness (QED) is 0.641. The van der Waals surface area contributed by atoms with Gasteiger partial charge in [0.2, 0.25) is 0 Å². The Morgan fingerprint density at radius 3 is 2.58 bits per heavy atom. The number of imidazole rings is 1. The highest BCUT2D eigenvalue weighted by molar-refractivity contribution is 6.34. The molecule has 0 radical (unpaired) electrons. The molecule has 0 amide bonds. The van der Waals surface area contributed by atoms with E-state index < -0.39 is 0 Å². The Bertz CT molecular complexity index is 649. The third kappa shape index (κ3) is 2.18. The van der Waals surface area contributed by atoms with Gasteiger partial charge in [-0.15, -0.1) is 0 Å². The zero-order chi connectivity index (χ0) is 14.2. The van der Waals surface area contributed by atoms with Gasteiger partial charge in [0.25, 0.3) is 0 Å². The van der Waals surface area contributed by atoms with Crippen LogP contribution in [0.4, 0.5) is 0 Å². The number of ether oxygens (including phenoxy) is 1. The Labute approximate surface area is 116 Å². The van der Waals surface area contributed by atoms with E-state index in [0.29, 0.717) is 40.6 Å². The van der Waals surface area contributed by atoms with E-state index in [1.165, 1.54) is 0 Å². The molecule has 5 nitrogen and oxygen atoms in total. The van der Waals surface area contributed by atoms with E-state index >= 15 is 0 Å². The average molecular weight is 282 g/mol. The maximum Gasteiger partial charge on any atom is 0.342 e. The SMILES string of the molecule is CCOC(=O)c1c(C)nc(Cl)c2nc(C)n(CC)c12. The van der Waals surface area contributed by atoms with E-state index in [2.05, 4.69) is 9.97 Å². The third-order valence-corrected chi connectivity index (χ3v) is 3.28. The number of aryl methyl sites for hydroxylation is 3. The van der Waals surface area contributed by atoms with E-state index in [9.17, 15) is 4.79 Å². The molecular formula is C13H16ClN3O2. The molecule has 6 heteroatoms. The van der Waals surface area contributed by atoms with Gasteiger partial charge in [-0.3, -0.25) is 0 Å². The van der Waals surface area contributed by atoms with Crippen LogP contribution >= 0.6 is 11.6 Å². The minimum Gasteiger partial charge on any atom is -0.462 e. The van der Waals surface area contributed by atoms with Gasteiger partial charge in [-0.25, -0.2) is 14.8 Å². The molecule has 0 fully saturated rings.